The lowest BCUT2D eigenvalue weighted by Gasteiger charge is -2.23. The molecule has 110 valence electrons. The molecule has 0 radical (unpaired) electrons. The second kappa shape index (κ2) is 7.73. The van der Waals surface area contributed by atoms with Crippen LogP contribution in [0.2, 0.25) is 0 Å². The molecule has 0 heterocycles. The van der Waals surface area contributed by atoms with E-state index in [-0.39, 0.29) is 19.3 Å². The summed E-state index contributed by atoms with van der Waals surface area (Å²) in [7, 11) is 0. The molecule has 0 aromatic heterocycles. The number of hydrogen-bond acceptors (Lipinski definition) is 4. The third-order valence-electron chi connectivity index (χ3n) is 2.64. The molecule has 7 nitrogen and oxygen atoms in total. The fraction of sp³-hybridized carbons (Fsp3) is 0.750. The van der Waals surface area contributed by atoms with E-state index in [9.17, 15) is 19.5 Å². The molecule has 5 N–H and O–H groups in total. The Kier molecular flexibility index (Phi) is 7.06. The van der Waals surface area contributed by atoms with E-state index >= 15 is 0 Å². The van der Waals surface area contributed by atoms with Gasteiger partial charge in [-0.15, -0.1) is 0 Å². The van der Waals surface area contributed by atoms with Crippen LogP contribution in [-0.2, 0) is 14.4 Å². The number of aliphatic hydroxyl groups is 1. The van der Waals surface area contributed by atoms with Gasteiger partial charge in [-0.25, -0.2) is 4.79 Å². The van der Waals surface area contributed by atoms with Crippen molar-refractivity contribution in [1.82, 2.24) is 5.32 Å². The van der Waals surface area contributed by atoms with Crippen molar-refractivity contribution in [3.63, 3.8) is 0 Å². The first-order valence-corrected chi connectivity index (χ1v) is 6.21. The largest absolute Gasteiger partial charge is 0.480 e. The van der Waals surface area contributed by atoms with E-state index in [1.807, 2.05) is 6.92 Å². The SMILES string of the molecule is CCCC(C)(O)CC(=O)N[C@@H](CCC(N)=O)C(=O)O. The first-order chi connectivity index (χ1) is 8.68. The molecular formula is C12H22N2O5. The van der Waals surface area contributed by atoms with E-state index < -0.39 is 29.4 Å². The second-order valence-electron chi connectivity index (χ2n) is 4.89. The van der Waals surface area contributed by atoms with Gasteiger partial charge in [0.25, 0.3) is 0 Å². The zero-order chi connectivity index (χ0) is 15.1. The molecule has 2 amide bonds. The number of rotatable bonds is 9. The second-order valence-corrected chi connectivity index (χ2v) is 4.89. The lowest BCUT2D eigenvalue weighted by atomic mass is 9.96. The summed E-state index contributed by atoms with van der Waals surface area (Å²) in [5.74, 6) is -2.42. The Morgan fingerprint density at radius 2 is 1.95 bits per heavy atom. The summed E-state index contributed by atoms with van der Waals surface area (Å²) < 4.78 is 0. The number of hydrogen-bond donors (Lipinski definition) is 4. The normalized spacial score (nSPS) is 15.3. The highest BCUT2D eigenvalue weighted by Crippen LogP contribution is 2.16. The molecule has 2 atom stereocenters. The maximum atomic E-state index is 11.6. The summed E-state index contributed by atoms with van der Waals surface area (Å²) in [6, 6.07) is -1.17. The van der Waals surface area contributed by atoms with Gasteiger partial charge >= 0.3 is 5.97 Å². The van der Waals surface area contributed by atoms with Crippen LogP contribution in [0.5, 0.6) is 0 Å². The van der Waals surface area contributed by atoms with Crippen LogP contribution in [0.1, 0.15) is 46.0 Å². The van der Waals surface area contributed by atoms with Crippen molar-refractivity contribution in [2.45, 2.75) is 57.6 Å². The van der Waals surface area contributed by atoms with Gasteiger partial charge in [0.05, 0.1) is 12.0 Å². The smallest absolute Gasteiger partial charge is 0.326 e. The van der Waals surface area contributed by atoms with Gasteiger partial charge in [0.2, 0.25) is 11.8 Å². The fourth-order valence-corrected chi connectivity index (χ4v) is 1.76. The highest BCUT2D eigenvalue weighted by molar-refractivity contribution is 5.84. The molecule has 1 unspecified atom stereocenters. The van der Waals surface area contributed by atoms with Crippen LogP contribution in [0, 0.1) is 0 Å². The van der Waals surface area contributed by atoms with Gasteiger partial charge in [-0.2, -0.15) is 0 Å². The third-order valence-corrected chi connectivity index (χ3v) is 2.64. The first-order valence-electron chi connectivity index (χ1n) is 6.21. The van der Waals surface area contributed by atoms with Gasteiger partial charge in [0, 0.05) is 6.42 Å². The van der Waals surface area contributed by atoms with Crippen molar-refractivity contribution >= 4 is 17.8 Å². The number of carboxylic acids is 1. The highest BCUT2D eigenvalue weighted by Gasteiger charge is 2.26. The van der Waals surface area contributed by atoms with Crippen LogP contribution in [0.25, 0.3) is 0 Å². The van der Waals surface area contributed by atoms with Crippen molar-refractivity contribution in [1.29, 1.82) is 0 Å². The van der Waals surface area contributed by atoms with Crippen LogP contribution in [0.3, 0.4) is 0 Å². The number of nitrogens with one attached hydrogen (secondary N) is 1. The highest BCUT2D eigenvalue weighted by atomic mass is 16.4. The Morgan fingerprint density at radius 3 is 2.37 bits per heavy atom. The molecule has 0 aliphatic heterocycles. The van der Waals surface area contributed by atoms with Gasteiger partial charge < -0.3 is 21.3 Å². The topological polar surface area (TPSA) is 130 Å². The Bertz CT molecular complexity index is 341. The van der Waals surface area contributed by atoms with Crippen LogP contribution in [0.15, 0.2) is 0 Å². The van der Waals surface area contributed by atoms with Crippen molar-refractivity contribution in [3.8, 4) is 0 Å². The molecule has 19 heavy (non-hydrogen) atoms. The quantitative estimate of drug-likeness (QED) is 0.461. The summed E-state index contributed by atoms with van der Waals surface area (Å²) in [6.07, 6.45) is 0.792. The Morgan fingerprint density at radius 1 is 1.37 bits per heavy atom. The van der Waals surface area contributed by atoms with Gasteiger partial charge in [0.1, 0.15) is 6.04 Å². The summed E-state index contributed by atoms with van der Waals surface area (Å²) in [5.41, 5.74) is 3.77. The monoisotopic (exact) mass is 274 g/mol. The molecule has 0 aliphatic carbocycles. The standard InChI is InChI=1S/C12H22N2O5/c1-3-6-12(2,19)7-10(16)14-8(11(17)18)4-5-9(13)15/h8,19H,3-7H2,1-2H3,(H2,13,15)(H,14,16)(H,17,18)/t8-,12?/m0/s1. The van der Waals surface area contributed by atoms with Gasteiger partial charge in [-0.1, -0.05) is 13.3 Å². The predicted octanol–water partition coefficient (Wildman–Crippen LogP) is -0.237. The average Bonchev–Trinajstić information content (AvgIpc) is 2.22. The van der Waals surface area contributed by atoms with Crippen LogP contribution in [0.4, 0.5) is 0 Å². The Balaban J connectivity index is 4.39. The van der Waals surface area contributed by atoms with Crippen molar-refractivity contribution in [3.05, 3.63) is 0 Å². The number of aliphatic carboxylic acids is 1. The lowest BCUT2D eigenvalue weighted by Crippen LogP contribution is -2.44. The number of primary amides is 1. The molecule has 0 aromatic rings. The molecule has 0 fully saturated rings. The van der Waals surface area contributed by atoms with Gasteiger partial charge in [0.15, 0.2) is 0 Å². The minimum atomic E-state index is -1.23. The third kappa shape index (κ3) is 8.15. The number of nitrogens with two attached hydrogens (primary N) is 1. The van der Waals surface area contributed by atoms with Crippen molar-refractivity contribution in [2.75, 3.05) is 0 Å². The summed E-state index contributed by atoms with van der Waals surface area (Å²) in [4.78, 5) is 33.2. The fourth-order valence-electron chi connectivity index (χ4n) is 1.76. The summed E-state index contributed by atoms with van der Waals surface area (Å²) in [5, 5.41) is 21.1. The maximum absolute atomic E-state index is 11.6. The number of amides is 2. The summed E-state index contributed by atoms with van der Waals surface area (Å²) in [6.45, 7) is 3.40. The van der Waals surface area contributed by atoms with E-state index in [1.54, 1.807) is 0 Å². The lowest BCUT2D eigenvalue weighted by molar-refractivity contribution is -0.143. The molecule has 0 aromatic carbocycles. The Labute approximate surface area is 112 Å². The number of carbonyl (C=O) groups excluding carboxylic acids is 2. The van der Waals surface area contributed by atoms with E-state index in [1.165, 1.54) is 6.92 Å². The van der Waals surface area contributed by atoms with E-state index in [2.05, 4.69) is 5.32 Å². The zero-order valence-electron chi connectivity index (χ0n) is 11.3. The summed E-state index contributed by atoms with van der Waals surface area (Å²) >= 11 is 0. The molecule has 0 saturated heterocycles. The van der Waals surface area contributed by atoms with Crippen LogP contribution in [-0.4, -0.2) is 39.6 Å². The maximum Gasteiger partial charge on any atom is 0.326 e. The molecule has 0 saturated carbocycles. The predicted molar refractivity (Wildman–Crippen MR) is 68.1 cm³/mol. The number of carbonyl (C=O) groups is 3. The molecular weight excluding hydrogens is 252 g/mol. The van der Waals surface area contributed by atoms with Crippen molar-refractivity contribution < 1.29 is 24.6 Å². The molecule has 7 heteroatoms. The minimum Gasteiger partial charge on any atom is -0.480 e. The minimum absolute atomic E-state index is 0.0632. The van der Waals surface area contributed by atoms with E-state index in [0.717, 1.165) is 0 Å². The molecule has 0 bridgehead atoms. The first kappa shape index (κ1) is 17.4. The van der Waals surface area contributed by atoms with Gasteiger partial charge in [-0.05, 0) is 19.8 Å². The van der Waals surface area contributed by atoms with Crippen LogP contribution >= 0.6 is 0 Å². The molecule has 0 aliphatic rings. The van der Waals surface area contributed by atoms with Crippen molar-refractivity contribution in [2.24, 2.45) is 5.73 Å². The van der Waals surface area contributed by atoms with E-state index in [4.69, 9.17) is 10.8 Å². The Hall–Kier alpha value is -1.63. The zero-order valence-corrected chi connectivity index (χ0v) is 11.3. The average molecular weight is 274 g/mol. The van der Waals surface area contributed by atoms with Gasteiger partial charge in [-0.3, -0.25) is 9.59 Å². The van der Waals surface area contributed by atoms with Crippen LogP contribution < -0.4 is 11.1 Å². The molecule has 0 rings (SSSR count). The number of carboxylic acid groups (broad SMARTS) is 1. The molecule has 0 spiro atoms. The van der Waals surface area contributed by atoms with E-state index in [0.29, 0.717) is 12.8 Å².